The van der Waals surface area contributed by atoms with Gasteiger partial charge in [0.05, 0.1) is 29.7 Å². The summed E-state index contributed by atoms with van der Waals surface area (Å²) in [7, 11) is 1.65. The minimum atomic E-state index is 0.213. The van der Waals surface area contributed by atoms with Gasteiger partial charge in [0.25, 0.3) is 0 Å². The molecule has 0 fully saturated rings. The van der Waals surface area contributed by atoms with Gasteiger partial charge in [-0.1, -0.05) is 13.0 Å². The number of hydrogen-bond acceptors (Lipinski definition) is 3. The third-order valence-corrected chi connectivity index (χ3v) is 3.81. The van der Waals surface area contributed by atoms with E-state index in [-0.39, 0.29) is 5.78 Å². The van der Waals surface area contributed by atoms with E-state index < -0.39 is 0 Å². The van der Waals surface area contributed by atoms with Gasteiger partial charge in [0.1, 0.15) is 5.75 Å². The molecule has 0 aliphatic heterocycles. The highest BCUT2D eigenvalue weighted by Crippen LogP contribution is 2.30. The summed E-state index contributed by atoms with van der Waals surface area (Å²) in [5, 5.41) is 4.56. The fourth-order valence-corrected chi connectivity index (χ4v) is 2.90. The number of ketones is 1. The van der Waals surface area contributed by atoms with Crippen molar-refractivity contribution in [3.63, 3.8) is 0 Å². The Labute approximate surface area is 118 Å². The Hall–Kier alpha value is -2.10. The molecule has 1 aliphatic rings. The lowest BCUT2D eigenvalue weighted by molar-refractivity contribution is 0.0952. The average molecular weight is 270 g/mol. The Kier molecular flexibility index (Phi) is 3.08. The fraction of sp³-hybridized carbons (Fsp3) is 0.375. The van der Waals surface area contributed by atoms with Gasteiger partial charge in [-0.25, -0.2) is 4.68 Å². The molecule has 1 unspecified atom stereocenters. The van der Waals surface area contributed by atoms with Crippen molar-refractivity contribution in [2.75, 3.05) is 7.11 Å². The molecule has 1 aromatic carbocycles. The molecule has 0 N–H and O–H groups in total. The molecule has 1 aliphatic carbocycles. The Bertz CT molecular complexity index is 673. The summed E-state index contributed by atoms with van der Waals surface area (Å²) in [4.78, 5) is 12.2. The van der Waals surface area contributed by atoms with Crippen LogP contribution >= 0.6 is 0 Å². The lowest BCUT2D eigenvalue weighted by Gasteiger charge is -2.19. The number of fused-ring (bicyclic) bond motifs is 1. The molecule has 0 amide bonds. The summed E-state index contributed by atoms with van der Waals surface area (Å²) < 4.78 is 7.15. The van der Waals surface area contributed by atoms with E-state index in [2.05, 4.69) is 12.0 Å². The van der Waals surface area contributed by atoms with Crippen LogP contribution in [0.5, 0.6) is 5.75 Å². The van der Waals surface area contributed by atoms with E-state index in [1.165, 1.54) is 0 Å². The first-order chi connectivity index (χ1) is 9.60. The summed E-state index contributed by atoms with van der Waals surface area (Å²) >= 11 is 0. The van der Waals surface area contributed by atoms with Crippen molar-refractivity contribution >= 4 is 5.78 Å². The fourth-order valence-electron chi connectivity index (χ4n) is 2.90. The minimum Gasteiger partial charge on any atom is -0.497 e. The van der Waals surface area contributed by atoms with E-state index in [0.29, 0.717) is 12.3 Å². The number of Topliss-reactive ketones (excluding diaryl/α,β-unsaturated/α-hetero) is 1. The molecule has 0 saturated carbocycles. The normalized spacial score (nSPS) is 17.9. The van der Waals surface area contributed by atoms with Gasteiger partial charge in [-0.3, -0.25) is 4.79 Å². The Morgan fingerprint density at radius 3 is 2.90 bits per heavy atom. The van der Waals surface area contributed by atoms with Crippen molar-refractivity contribution in [2.45, 2.75) is 26.7 Å². The molecule has 3 rings (SSSR count). The van der Waals surface area contributed by atoms with E-state index in [0.717, 1.165) is 34.8 Å². The van der Waals surface area contributed by atoms with Crippen LogP contribution in [0.15, 0.2) is 24.3 Å². The van der Waals surface area contributed by atoms with Crippen molar-refractivity contribution in [1.82, 2.24) is 9.78 Å². The molecule has 0 bridgehead atoms. The molecule has 1 heterocycles. The molecular formula is C16H18N2O2. The summed E-state index contributed by atoms with van der Waals surface area (Å²) in [5.41, 5.74) is 3.60. The number of nitrogens with zero attached hydrogens (tertiary/aromatic N) is 2. The van der Waals surface area contributed by atoms with Crippen molar-refractivity contribution in [3.05, 3.63) is 41.2 Å². The SMILES string of the molecule is COc1cccc(-n2nc(C)c3c2CC(C)CC3=O)c1. The van der Waals surface area contributed by atoms with Gasteiger partial charge >= 0.3 is 0 Å². The van der Waals surface area contributed by atoms with Crippen molar-refractivity contribution in [2.24, 2.45) is 5.92 Å². The van der Waals surface area contributed by atoms with E-state index in [9.17, 15) is 4.79 Å². The van der Waals surface area contributed by atoms with E-state index in [1.807, 2.05) is 35.9 Å². The zero-order valence-electron chi connectivity index (χ0n) is 12.0. The smallest absolute Gasteiger partial charge is 0.166 e. The molecule has 20 heavy (non-hydrogen) atoms. The van der Waals surface area contributed by atoms with E-state index in [1.54, 1.807) is 7.11 Å². The van der Waals surface area contributed by atoms with Crippen LogP contribution in [0.1, 0.15) is 35.1 Å². The largest absolute Gasteiger partial charge is 0.497 e. The van der Waals surface area contributed by atoms with Crippen LogP contribution < -0.4 is 4.74 Å². The lowest BCUT2D eigenvalue weighted by Crippen LogP contribution is -2.19. The van der Waals surface area contributed by atoms with Crippen LogP contribution in [0, 0.1) is 12.8 Å². The molecule has 1 aromatic heterocycles. The topological polar surface area (TPSA) is 44.1 Å². The lowest BCUT2D eigenvalue weighted by atomic mass is 9.87. The van der Waals surface area contributed by atoms with E-state index in [4.69, 9.17) is 4.74 Å². The number of rotatable bonds is 2. The maximum Gasteiger partial charge on any atom is 0.166 e. The standard InChI is InChI=1S/C16H18N2O2/c1-10-7-14-16(15(19)8-10)11(2)17-18(14)12-5-4-6-13(9-12)20-3/h4-6,9-10H,7-8H2,1-3H3. The van der Waals surface area contributed by atoms with Crippen LogP contribution in [0.4, 0.5) is 0 Å². The van der Waals surface area contributed by atoms with Crippen LogP contribution in [-0.4, -0.2) is 22.7 Å². The Morgan fingerprint density at radius 2 is 2.15 bits per heavy atom. The summed E-state index contributed by atoms with van der Waals surface area (Å²) in [5.74, 6) is 1.38. The zero-order chi connectivity index (χ0) is 14.3. The second-order valence-electron chi connectivity index (χ2n) is 5.46. The van der Waals surface area contributed by atoms with Gasteiger partial charge in [0.2, 0.25) is 0 Å². The third kappa shape index (κ3) is 2.01. The van der Waals surface area contributed by atoms with Gasteiger partial charge < -0.3 is 4.74 Å². The molecule has 0 radical (unpaired) electrons. The second kappa shape index (κ2) is 4.78. The number of hydrogen-bond donors (Lipinski definition) is 0. The number of methoxy groups -OCH3 is 1. The van der Waals surface area contributed by atoms with Gasteiger partial charge in [-0.15, -0.1) is 0 Å². The molecule has 2 aromatic rings. The zero-order valence-corrected chi connectivity index (χ0v) is 12.0. The molecular weight excluding hydrogens is 252 g/mol. The summed E-state index contributed by atoms with van der Waals surface area (Å²) in [6.45, 7) is 4.02. The van der Waals surface area contributed by atoms with Gasteiger partial charge in [-0.2, -0.15) is 5.10 Å². The predicted molar refractivity (Wildman–Crippen MR) is 76.7 cm³/mol. The number of carbonyl (C=O) groups excluding carboxylic acids is 1. The minimum absolute atomic E-state index is 0.213. The third-order valence-electron chi connectivity index (χ3n) is 3.81. The van der Waals surface area contributed by atoms with Crippen LogP contribution in [-0.2, 0) is 6.42 Å². The first-order valence-corrected chi connectivity index (χ1v) is 6.86. The maximum atomic E-state index is 12.2. The number of aromatic nitrogens is 2. The first-order valence-electron chi connectivity index (χ1n) is 6.86. The number of benzene rings is 1. The molecule has 1 atom stereocenters. The monoisotopic (exact) mass is 270 g/mol. The Balaban J connectivity index is 2.15. The maximum absolute atomic E-state index is 12.2. The first kappa shape index (κ1) is 12.9. The quantitative estimate of drug-likeness (QED) is 0.842. The summed E-state index contributed by atoms with van der Waals surface area (Å²) in [6.07, 6.45) is 1.51. The highest BCUT2D eigenvalue weighted by atomic mass is 16.5. The average Bonchev–Trinajstić information content (AvgIpc) is 2.76. The second-order valence-corrected chi connectivity index (χ2v) is 5.46. The van der Waals surface area contributed by atoms with Crippen LogP contribution in [0.25, 0.3) is 5.69 Å². The van der Waals surface area contributed by atoms with Crippen LogP contribution in [0.2, 0.25) is 0 Å². The molecule has 4 nitrogen and oxygen atoms in total. The van der Waals surface area contributed by atoms with Crippen molar-refractivity contribution < 1.29 is 9.53 Å². The number of ether oxygens (including phenoxy) is 1. The molecule has 0 saturated heterocycles. The van der Waals surface area contributed by atoms with Crippen molar-refractivity contribution in [1.29, 1.82) is 0 Å². The van der Waals surface area contributed by atoms with Gasteiger partial charge in [0, 0.05) is 12.5 Å². The molecule has 104 valence electrons. The van der Waals surface area contributed by atoms with Gasteiger partial charge in [-0.05, 0) is 31.4 Å². The van der Waals surface area contributed by atoms with Crippen molar-refractivity contribution in [3.8, 4) is 11.4 Å². The van der Waals surface area contributed by atoms with Gasteiger partial charge in [0.15, 0.2) is 5.78 Å². The molecule has 0 spiro atoms. The van der Waals surface area contributed by atoms with Crippen LogP contribution in [0.3, 0.4) is 0 Å². The highest BCUT2D eigenvalue weighted by Gasteiger charge is 2.29. The Morgan fingerprint density at radius 1 is 1.35 bits per heavy atom. The number of aryl methyl sites for hydroxylation is 1. The highest BCUT2D eigenvalue weighted by molar-refractivity contribution is 5.99. The predicted octanol–water partition coefficient (Wildman–Crippen LogP) is 2.95. The van der Waals surface area contributed by atoms with E-state index >= 15 is 0 Å². The number of carbonyl (C=O) groups is 1. The summed E-state index contributed by atoms with van der Waals surface area (Å²) in [6, 6.07) is 7.77. The molecule has 4 heteroatoms.